The number of ether oxygens (including phenoxy) is 2. The van der Waals surface area contributed by atoms with Gasteiger partial charge in [0, 0.05) is 23.9 Å². The molecule has 0 bridgehead atoms. The molecule has 0 aliphatic heterocycles. The van der Waals surface area contributed by atoms with E-state index in [4.69, 9.17) is 9.47 Å². The van der Waals surface area contributed by atoms with Crippen LogP contribution in [0, 0.1) is 0 Å². The number of aromatic amines is 1. The number of hydrogen-bond acceptors (Lipinski definition) is 8. The molecular formula is C25H25N5O5S2. The molecule has 4 rings (SSSR count). The maximum absolute atomic E-state index is 12.6. The first-order chi connectivity index (χ1) is 17.9. The number of hydrogen-bond donors (Lipinski definition) is 3. The number of anilines is 1. The lowest BCUT2D eigenvalue weighted by Gasteiger charge is -2.10. The summed E-state index contributed by atoms with van der Waals surface area (Å²) in [4.78, 5) is 16.6. The van der Waals surface area contributed by atoms with E-state index < -0.39 is 10.0 Å². The van der Waals surface area contributed by atoms with Gasteiger partial charge in [0.05, 0.1) is 17.7 Å². The van der Waals surface area contributed by atoms with Gasteiger partial charge in [-0.15, -0.1) is 5.10 Å². The van der Waals surface area contributed by atoms with Crippen molar-refractivity contribution in [3.63, 3.8) is 0 Å². The highest BCUT2D eigenvalue weighted by molar-refractivity contribution is 7.99. The van der Waals surface area contributed by atoms with Crippen LogP contribution in [0.25, 0.3) is 11.4 Å². The molecule has 1 heterocycles. The number of aromatic nitrogens is 3. The van der Waals surface area contributed by atoms with Gasteiger partial charge >= 0.3 is 0 Å². The molecule has 0 aliphatic carbocycles. The van der Waals surface area contributed by atoms with Crippen LogP contribution in [0.1, 0.15) is 0 Å². The number of H-pyrrole nitrogens is 1. The van der Waals surface area contributed by atoms with Crippen LogP contribution in [0.5, 0.6) is 11.5 Å². The molecule has 3 aromatic carbocycles. The zero-order chi connectivity index (χ0) is 26.1. The van der Waals surface area contributed by atoms with Crippen LogP contribution < -0.4 is 19.5 Å². The maximum Gasteiger partial charge on any atom is 0.261 e. The summed E-state index contributed by atoms with van der Waals surface area (Å²) in [7, 11) is -2.29. The van der Waals surface area contributed by atoms with E-state index in [0.717, 1.165) is 5.56 Å². The third kappa shape index (κ3) is 7.48. The van der Waals surface area contributed by atoms with Crippen molar-refractivity contribution in [2.75, 3.05) is 30.7 Å². The van der Waals surface area contributed by atoms with Gasteiger partial charge in [-0.1, -0.05) is 48.2 Å². The quantitative estimate of drug-likeness (QED) is 0.184. The molecule has 192 valence electrons. The first kappa shape index (κ1) is 26.0. The predicted molar refractivity (Wildman–Crippen MR) is 141 cm³/mol. The molecule has 37 heavy (non-hydrogen) atoms. The summed E-state index contributed by atoms with van der Waals surface area (Å²) < 4.78 is 38.4. The fourth-order valence-corrected chi connectivity index (χ4v) is 4.89. The van der Waals surface area contributed by atoms with Crippen molar-refractivity contribution < 1.29 is 22.7 Å². The lowest BCUT2D eigenvalue weighted by atomic mass is 10.2. The van der Waals surface area contributed by atoms with Crippen molar-refractivity contribution >= 4 is 33.4 Å². The molecule has 0 saturated carbocycles. The highest BCUT2D eigenvalue weighted by Crippen LogP contribution is 2.22. The zero-order valence-electron chi connectivity index (χ0n) is 19.9. The molecule has 1 aromatic heterocycles. The second-order valence-electron chi connectivity index (χ2n) is 7.63. The maximum atomic E-state index is 12.6. The molecule has 0 fully saturated rings. The average molecular weight is 540 g/mol. The van der Waals surface area contributed by atoms with Crippen LogP contribution in [0.4, 0.5) is 5.69 Å². The molecule has 3 N–H and O–H groups in total. The summed E-state index contributed by atoms with van der Waals surface area (Å²) in [6.07, 6.45) is 0. The van der Waals surface area contributed by atoms with Gasteiger partial charge in [-0.05, 0) is 36.4 Å². The number of amides is 1. The average Bonchev–Trinajstić information content (AvgIpc) is 3.39. The summed E-state index contributed by atoms with van der Waals surface area (Å²) in [5.41, 5.74) is 1.33. The number of nitrogens with zero attached hydrogens (tertiary/aromatic N) is 2. The van der Waals surface area contributed by atoms with Crippen molar-refractivity contribution in [3.05, 3.63) is 78.9 Å². The van der Waals surface area contributed by atoms with Crippen LogP contribution in [-0.2, 0) is 14.8 Å². The van der Waals surface area contributed by atoms with Crippen LogP contribution in [0.15, 0.2) is 88.9 Å². The van der Waals surface area contributed by atoms with Crippen LogP contribution in [0.3, 0.4) is 0 Å². The van der Waals surface area contributed by atoms with E-state index in [1.165, 1.54) is 43.1 Å². The molecule has 1 amide bonds. The molecule has 4 aromatic rings. The third-order valence-electron chi connectivity index (χ3n) is 4.99. The first-order valence-corrected chi connectivity index (χ1v) is 13.7. The number of sulfonamides is 1. The van der Waals surface area contributed by atoms with Crippen LogP contribution >= 0.6 is 11.8 Å². The van der Waals surface area contributed by atoms with E-state index in [-0.39, 0.29) is 17.4 Å². The summed E-state index contributed by atoms with van der Waals surface area (Å²) >= 11 is 1.42. The van der Waals surface area contributed by atoms with Gasteiger partial charge in [0.15, 0.2) is 12.4 Å². The minimum absolute atomic E-state index is 0.0616. The van der Waals surface area contributed by atoms with Crippen LogP contribution in [-0.4, -0.2) is 55.5 Å². The van der Waals surface area contributed by atoms with Gasteiger partial charge in [0.1, 0.15) is 11.5 Å². The molecule has 10 nitrogen and oxygen atoms in total. The molecule has 0 spiro atoms. The molecule has 0 saturated heterocycles. The Balaban J connectivity index is 1.19. The number of carbonyl (C=O) groups excluding carboxylic acids is 1. The molecule has 0 atom stereocenters. The molecule has 0 radical (unpaired) electrons. The van der Waals surface area contributed by atoms with Crippen molar-refractivity contribution in [2.45, 2.75) is 10.1 Å². The van der Waals surface area contributed by atoms with Crippen molar-refractivity contribution in [3.8, 4) is 22.9 Å². The predicted octanol–water partition coefficient (Wildman–Crippen LogP) is 3.57. The van der Waals surface area contributed by atoms with E-state index in [0.29, 0.717) is 40.5 Å². The van der Waals surface area contributed by atoms with Crippen molar-refractivity contribution in [2.24, 2.45) is 0 Å². The highest BCUT2D eigenvalue weighted by Gasteiger charge is 2.15. The summed E-state index contributed by atoms with van der Waals surface area (Å²) in [6, 6.07) is 22.1. The zero-order valence-corrected chi connectivity index (χ0v) is 21.5. The van der Waals surface area contributed by atoms with Gasteiger partial charge in [0.2, 0.25) is 5.16 Å². The number of benzene rings is 3. The Kier molecular flexibility index (Phi) is 8.64. The fourth-order valence-electron chi connectivity index (χ4n) is 3.18. The summed E-state index contributed by atoms with van der Waals surface area (Å²) in [5, 5.41) is 10.4. The lowest BCUT2D eigenvalue weighted by molar-refractivity contribution is -0.122. The fraction of sp³-hybridized carbons (Fsp3) is 0.160. The molecule has 12 heteroatoms. The molecule has 0 unspecified atom stereocenters. The minimum atomic E-state index is -3.79. The van der Waals surface area contributed by atoms with Crippen molar-refractivity contribution in [1.82, 2.24) is 20.5 Å². The number of carbonyl (C=O) groups is 1. The Hall–Kier alpha value is -4.03. The van der Waals surface area contributed by atoms with E-state index in [1.54, 1.807) is 24.3 Å². The van der Waals surface area contributed by atoms with E-state index in [2.05, 4.69) is 25.2 Å². The second kappa shape index (κ2) is 12.3. The Morgan fingerprint density at radius 2 is 1.78 bits per heavy atom. The van der Waals surface area contributed by atoms with Gasteiger partial charge in [0.25, 0.3) is 15.9 Å². The normalized spacial score (nSPS) is 11.1. The smallest absolute Gasteiger partial charge is 0.261 e. The monoisotopic (exact) mass is 539 g/mol. The van der Waals surface area contributed by atoms with Crippen LogP contribution in [0.2, 0.25) is 0 Å². The number of methoxy groups -OCH3 is 1. The summed E-state index contributed by atoms with van der Waals surface area (Å²) in [5.74, 6) is 1.90. The molecular weight excluding hydrogens is 514 g/mol. The Labute approximate surface area is 218 Å². The Morgan fingerprint density at radius 1 is 1.00 bits per heavy atom. The minimum Gasteiger partial charge on any atom is -0.497 e. The second-order valence-corrected chi connectivity index (χ2v) is 10.4. The SMILES string of the molecule is COc1cccc(NS(=O)(=O)c2ccc(OCC(=O)NCCSc3n[nH]c(-c4ccccc4)n3)cc2)c1. The molecule has 0 aliphatic rings. The van der Waals surface area contributed by atoms with E-state index >= 15 is 0 Å². The first-order valence-electron chi connectivity index (χ1n) is 11.2. The van der Waals surface area contributed by atoms with Gasteiger partial charge in [-0.2, -0.15) is 0 Å². The van der Waals surface area contributed by atoms with Gasteiger partial charge in [-0.25, -0.2) is 13.4 Å². The van der Waals surface area contributed by atoms with E-state index in [1.807, 2.05) is 30.3 Å². The lowest BCUT2D eigenvalue weighted by Crippen LogP contribution is -2.30. The highest BCUT2D eigenvalue weighted by atomic mass is 32.2. The number of nitrogens with one attached hydrogen (secondary N) is 3. The largest absolute Gasteiger partial charge is 0.497 e. The number of thioether (sulfide) groups is 1. The summed E-state index contributed by atoms with van der Waals surface area (Å²) in [6.45, 7) is 0.215. The Morgan fingerprint density at radius 3 is 2.54 bits per heavy atom. The van der Waals surface area contributed by atoms with Gasteiger partial charge in [-0.3, -0.25) is 14.6 Å². The topological polar surface area (TPSA) is 135 Å². The van der Waals surface area contributed by atoms with Gasteiger partial charge < -0.3 is 14.8 Å². The van der Waals surface area contributed by atoms with E-state index in [9.17, 15) is 13.2 Å². The third-order valence-corrected chi connectivity index (χ3v) is 7.24. The standard InChI is InChI=1S/C25H25N5O5S2/c1-34-21-9-5-8-19(16-21)30-37(32,33)22-12-10-20(11-13-22)35-17-23(31)26-14-15-36-25-27-24(28-29-25)18-6-3-2-4-7-18/h2-13,16,30H,14-15,17H2,1H3,(H,26,31)(H,27,28,29). The Bertz CT molecular complexity index is 1430. The van der Waals surface area contributed by atoms with Crippen molar-refractivity contribution in [1.29, 1.82) is 0 Å². The number of rotatable bonds is 12.